The van der Waals surface area contributed by atoms with Gasteiger partial charge in [-0.25, -0.2) is 0 Å². The van der Waals surface area contributed by atoms with Gasteiger partial charge in [0.25, 0.3) is 5.69 Å². The molecule has 0 atom stereocenters. The van der Waals surface area contributed by atoms with Gasteiger partial charge in [-0.3, -0.25) is 10.1 Å². The van der Waals surface area contributed by atoms with Gasteiger partial charge >= 0.3 is 0 Å². The van der Waals surface area contributed by atoms with E-state index in [0.29, 0.717) is 0 Å². The molecule has 0 radical (unpaired) electrons. The Bertz CT molecular complexity index is 473. The summed E-state index contributed by atoms with van der Waals surface area (Å²) in [5, 5.41) is 15.1. The number of hydrogen-bond donors (Lipinski definition) is 1. The number of thioether (sulfide) groups is 1. The van der Waals surface area contributed by atoms with Crippen LogP contribution in [0.15, 0.2) is 18.2 Å². The second-order valence-electron chi connectivity index (χ2n) is 5.60. The average molecular weight is 308 g/mol. The van der Waals surface area contributed by atoms with Crippen LogP contribution in [-0.2, 0) is 5.75 Å². The van der Waals surface area contributed by atoms with E-state index in [9.17, 15) is 10.1 Å². The Kier molecular flexibility index (Phi) is 6.36. The highest BCUT2D eigenvalue weighted by Gasteiger charge is 2.16. The van der Waals surface area contributed by atoms with Crippen LogP contribution in [0.4, 0.5) is 11.4 Å². The number of non-ortho nitro benzene ring substituents is 1. The van der Waals surface area contributed by atoms with E-state index in [2.05, 4.69) is 12.2 Å². The first-order chi connectivity index (χ1) is 10.2. The molecule has 1 fully saturated rings. The number of nitro groups is 1. The molecule has 1 N–H and O–H groups in total. The van der Waals surface area contributed by atoms with Crippen molar-refractivity contribution in [3.63, 3.8) is 0 Å². The van der Waals surface area contributed by atoms with Gasteiger partial charge in [-0.2, -0.15) is 11.8 Å². The van der Waals surface area contributed by atoms with Crippen LogP contribution in [0.25, 0.3) is 0 Å². The number of nitrogens with zero attached hydrogens (tertiary/aromatic N) is 1. The molecule has 0 aromatic heterocycles. The number of nitrogens with one attached hydrogen (secondary N) is 1. The smallest absolute Gasteiger partial charge is 0.269 e. The highest BCUT2D eigenvalue weighted by atomic mass is 32.2. The van der Waals surface area contributed by atoms with Crippen LogP contribution in [0.2, 0.25) is 0 Å². The van der Waals surface area contributed by atoms with Gasteiger partial charge in [-0.05, 0) is 30.9 Å². The molecule has 1 saturated carbocycles. The molecule has 0 spiro atoms. The molecule has 1 aliphatic rings. The van der Waals surface area contributed by atoms with E-state index in [-0.39, 0.29) is 10.6 Å². The molecule has 1 aliphatic carbocycles. The average Bonchev–Trinajstić information content (AvgIpc) is 2.52. The summed E-state index contributed by atoms with van der Waals surface area (Å²) in [5.74, 6) is 0.860. The molecule has 21 heavy (non-hydrogen) atoms. The summed E-state index contributed by atoms with van der Waals surface area (Å²) in [5.41, 5.74) is 2.30. The van der Waals surface area contributed by atoms with Crippen molar-refractivity contribution in [2.75, 3.05) is 11.9 Å². The van der Waals surface area contributed by atoms with Crippen molar-refractivity contribution in [1.29, 1.82) is 0 Å². The second-order valence-corrected chi connectivity index (χ2v) is 6.89. The highest BCUT2D eigenvalue weighted by Crippen LogP contribution is 2.33. The second kappa shape index (κ2) is 8.27. The SMILES string of the molecule is CCCNc1ccc([N+](=O)[O-])cc1CSC1CCCCC1. The zero-order valence-electron chi connectivity index (χ0n) is 12.6. The van der Waals surface area contributed by atoms with E-state index in [4.69, 9.17) is 0 Å². The largest absolute Gasteiger partial charge is 0.385 e. The lowest BCUT2D eigenvalue weighted by molar-refractivity contribution is -0.384. The topological polar surface area (TPSA) is 55.2 Å². The standard InChI is InChI=1S/C16H24N2O2S/c1-2-10-17-16-9-8-14(18(19)20)11-13(16)12-21-15-6-4-3-5-7-15/h8-9,11,15,17H,2-7,10,12H2,1H3. The lowest BCUT2D eigenvalue weighted by Crippen LogP contribution is -2.09. The van der Waals surface area contributed by atoms with Crippen LogP contribution >= 0.6 is 11.8 Å². The lowest BCUT2D eigenvalue weighted by Gasteiger charge is -2.21. The Balaban J connectivity index is 2.05. The maximum atomic E-state index is 11.0. The minimum Gasteiger partial charge on any atom is -0.385 e. The van der Waals surface area contributed by atoms with Gasteiger partial charge in [0.1, 0.15) is 0 Å². The van der Waals surface area contributed by atoms with Crippen LogP contribution in [0.1, 0.15) is 51.0 Å². The number of rotatable bonds is 7. The predicted molar refractivity (Wildman–Crippen MR) is 90.0 cm³/mol. The van der Waals surface area contributed by atoms with Gasteiger partial charge in [0.15, 0.2) is 0 Å². The fourth-order valence-electron chi connectivity index (χ4n) is 2.68. The third-order valence-corrected chi connectivity index (χ3v) is 5.31. The van der Waals surface area contributed by atoms with Crippen LogP contribution in [0.3, 0.4) is 0 Å². The molecule has 116 valence electrons. The third-order valence-electron chi connectivity index (χ3n) is 3.89. The summed E-state index contributed by atoms with van der Waals surface area (Å²) in [7, 11) is 0. The Morgan fingerprint density at radius 2 is 2.10 bits per heavy atom. The lowest BCUT2D eigenvalue weighted by atomic mass is 10.0. The van der Waals surface area contributed by atoms with Gasteiger partial charge in [-0.1, -0.05) is 26.2 Å². The summed E-state index contributed by atoms with van der Waals surface area (Å²) in [6, 6.07) is 5.17. The minimum atomic E-state index is -0.307. The fraction of sp³-hybridized carbons (Fsp3) is 0.625. The molecule has 0 saturated heterocycles. The maximum Gasteiger partial charge on any atom is 0.269 e. The molecule has 0 bridgehead atoms. The molecule has 1 aromatic carbocycles. The summed E-state index contributed by atoms with van der Waals surface area (Å²) in [4.78, 5) is 10.7. The molecule has 0 unspecified atom stereocenters. The third kappa shape index (κ3) is 4.92. The molecule has 4 nitrogen and oxygen atoms in total. The van der Waals surface area contributed by atoms with Gasteiger partial charge in [0.05, 0.1) is 4.92 Å². The van der Waals surface area contributed by atoms with Crippen LogP contribution in [-0.4, -0.2) is 16.7 Å². The van der Waals surface area contributed by atoms with E-state index in [0.717, 1.165) is 35.2 Å². The highest BCUT2D eigenvalue weighted by molar-refractivity contribution is 7.99. The van der Waals surface area contributed by atoms with Crippen molar-refractivity contribution >= 4 is 23.1 Å². The van der Waals surface area contributed by atoms with Crippen molar-refractivity contribution in [2.24, 2.45) is 0 Å². The Morgan fingerprint density at radius 1 is 1.33 bits per heavy atom. The molecular weight excluding hydrogens is 284 g/mol. The minimum absolute atomic E-state index is 0.191. The van der Waals surface area contributed by atoms with Crippen molar-refractivity contribution in [3.05, 3.63) is 33.9 Å². The number of hydrogen-bond acceptors (Lipinski definition) is 4. The number of nitro benzene ring substituents is 1. The van der Waals surface area contributed by atoms with Crippen molar-refractivity contribution in [3.8, 4) is 0 Å². The van der Waals surface area contributed by atoms with Gasteiger partial charge in [-0.15, -0.1) is 0 Å². The summed E-state index contributed by atoms with van der Waals surface area (Å²) >= 11 is 1.96. The molecule has 1 aromatic rings. The monoisotopic (exact) mass is 308 g/mol. The predicted octanol–water partition coefficient (Wildman–Crippen LogP) is 4.98. The molecule has 0 heterocycles. The van der Waals surface area contributed by atoms with Crippen LogP contribution < -0.4 is 5.32 Å². The first-order valence-corrected chi connectivity index (χ1v) is 8.88. The van der Waals surface area contributed by atoms with Gasteiger partial charge < -0.3 is 5.32 Å². The first-order valence-electron chi connectivity index (χ1n) is 7.83. The van der Waals surface area contributed by atoms with E-state index >= 15 is 0 Å². The summed E-state index contributed by atoms with van der Waals surface area (Å²) < 4.78 is 0. The van der Waals surface area contributed by atoms with Crippen molar-refractivity contribution in [2.45, 2.75) is 56.5 Å². The van der Waals surface area contributed by atoms with Crippen molar-refractivity contribution in [1.82, 2.24) is 0 Å². The van der Waals surface area contributed by atoms with E-state index in [1.165, 1.54) is 32.1 Å². The molecule has 5 heteroatoms. The Hall–Kier alpha value is -1.23. The Labute approximate surface area is 130 Å². The normalized spacial score (nSPS) is 15.9. The van der Waals surface area contributed by atoms with E-state index in [1.54, 1.807) is 12.1 Å². The van der Waals surface area contributed by atoms with Crippen LogP contribution in [0.5, 0.6) is 0 Å². The molecular formula is C16H24N2O2S. The molecule has 2 rings (SSSR count). The first kappa shape index (κ1) is 16.1. The maximum absolute atomic E-state index is 11.0. The van der Waals surface area contributed by atoms with Gasteiger partial charge in [0, 0.05) is 35.4 Å². The Morgan fingerprint density at radius 3 is 2.76 bits per heavy atom. The fourth-order valence-corrected chi connectivity index (χ4v) is 4.01. The van der Waals surface area contributed by atoms with Gasteiger partial charge in [0.2, 0.25) is 0 Å². The van der Waals surface area contributed by atoms with Crippen LogP contribution in [0, 0.1) is 10.1 Å². The van der Waals surface area contributed by atoms with E-state index in [1.807, 2.05) is 17.8 Å². The summed E-state index contributed by atoms with van der Waals surface area (Å²) in [6.45, 7) is 3.02. The molecule has 0 aliphatic heterocycles. The number of benzene rings is 1. The quantitative estimate of drug-likeness (QED) is 0.570. The summed E-state index contributed by atoms with van der Waals surface area (Å²) in [6.07, 6.45) is 7.64. The number of anilines is 1. The zero-order chi connectivity index (χ0) is 15.1. The van der Waals surface area contributed by atoms with E-state index < -0.39 is 0 Å². The molecule has 0 amide bonds. The van der Waals surface area contributed by atoms with Crippen molar-refractivity contribution < 1.29 is 4.92 Å². The zero-order valence-corrected chi connectivity index (χ0v) is 13.5.